The molecule has 0 N–H and O–H groups in total. The van der Waals surface area contributed by atoms with Crippen molar-refractivity contribution in [2.75, 3.05) is 18.0 Å². The number of nitrogens with zero attached hydrogens (tertiary/aromatic N) is 3. The van der Waals surface area contributed by atoms with Crippen molar-refractivity contribution in [1.82, 2.24) is 0 Å². The smallest absolute Gasteiger partial charge is 0.287 e. The van der Waals surface area contributed by atoms with Crippen LogP contribution in [-0.2, 0) is 0 Å². The van der Waals surface area contributed by atoms with Crippen LogP contribution in [0.15, 0.2) is 18.2 Å². The lowest BCUT2D eigenvalue weighted by molar-refractivity contribution is -0.385. The number of nitro groups is 1. The van der Waals surface area contributed by atoms with Crippen molar-refractivity contribution in [2.45, 2.75) is 20.3 Å². The SMILES string of the molecule is CC1CC(C)CN(c2ccc([N+](=O)[O-])c(C#N)c2)C1. The zero-order chi connectivity index (χ0) is 14.0. The monoisotopic (exact) mass is 259 g/mol. The first kappa shape index (κ1) is 13.3. The lowest BCUT2D eigenvalue weighted by Gasteiger charge is -2.36. The summed E-state index contributed by atoms with van der Waals surface area (Å²) in [5, 5.41) is 19.8. The van der Waals surface area contributed by atoms with Crippen LogP contribution in [0.25, 0.3) is 0 Å². The standard InChI is InChI=1S/C14H17N3O2/c1-10-5-11(2)9-16(8-10)13-3-4-14(17(18)19)12(6-13)7-15/h3-4,6,10-11H,5,8-9H2,1-2H3. The van der Waals surface area contributed by atoms with Crippen molar-refractivity contribution in [1.29, 1.82) is 5.26 Å². The minimum absolute atomic E-state index is 0.121. The molecule has 0 amide bonds. The lowest BCUT2D eigenvalue weighted by atomic mass is 9.91. The molecule has 5 heteroatoms. The zero-order valence-corrected chi connectivity index (χ0v) is 11.2. The third-order valence-corrected chi connectivity index (χ3v) is 3.53. The molecule has 1 saturated heterocycles. The molecule has 100 valence electrons. The number of hydrogen-bond donors (Lipinski definition) is 0. The second-order valence-corrected chi connectivity index (χ2v) is 5.42. The molecule has 1 fully saturated rings. The lowest BCUT2D eigenvalue weighted by Crippen LogP contribution is -2.38. The van der Waals surface area contributed by atoms with Crippen molar-refractivity contribution in [3.8, 4) is 6.07 Å². The fourth-order valence-corrected chi connectivity index (χ4v) is 2.84. The molecule has 1 aromatic carbocycles. The first-order chi connectivity index (χ1) is 9.01. The van der Waals surface area contributed by atoms with E-state index in [1.165, 1.54) is 12.5 Å². The van der Waals surface area contributed by atoms with Gasteiger partial charge in [-0.25, -0.2) is 0 Å². The Morgan fingerprint density at radius 2 is 2.00 bits per heavy atom. The van der Waals surface area contributed by atoms with Gasteiger partial charge < -0.3 is 4.90 Å². The highest BCUT2D eigenvalue weighted by atomic mass is 16.6. The van der Waals surface area contributed by atoms with E-state index in [0.29, 0.717) is 11.8 Å². The number of anilines is 1. The molecule has 1 aromatic rings. The van der Waals surface area contributed by atoms with Crippen molar-refractivity contribution in [3.63, 3.8) is 0 Å². The Morgan fingerprint density at radius 3 is 2.53 bits per heavy atom. The molecule has 2 rings (SSSR count). The summed E-state index contributed by atoms with van der Waals surface area (Å²) in [5.74, 6) is 1.20. The number of benzene rings is 1. The highest BCUT2D eigenvalue weighted by molar-refractivity contribution is 5.60. The van der Waals surface area contributed by atoms with Gasteiger partial charge in [0, 0.05) is 24.8 Å². The number of piperidine rings is 1. The Kier molecular flexibility index (Phi) is 3.70. The maximum absolute atomic E-state index is 10.8. The van der Waals surface area contributed by atoms with Crippen LogP contribution in [0.5, 0.6) is 0 Å². The van der Waals surface area contributed by atoms with Crippen LogP contribution in [0, 0.1) is 33.3 Å². The topological polar surface area (TPSA) is 70.2 Å². The zero-order valence-electron chi connectivity index (χ0n) is 11.2. The fraction of sp³-hybridized carbons (Fsp3) is 0.500. The molecule has 1 aliphatic rings. The molecule has 2 atom stereocenters. The Labute approximate surface area is 112 Å². The summed E-state index contributed by atoms with van der Waals surface area (Å²) in [5.41, 5.74) is 0.915. The molecule has 1 aliphatic heterocycles. The largest absolute Gasteiger partial charge is 0.371 e. The van der Waals surface area contributed by atoms with E-state index in [1.807, 2.05) is 6.07 Å². The van der Waals surface area contributed by atoms with E-state index in [0.717, 1.165) is 18.8 Å². The van der Waals surface area contributed by atoms with Gasteiger partial charge >= 0.3 is 0 Å². The summed E-state index contributed by atoms with van der Waals surface area (Å²) in [6.45, 7) is 6.29. The molecular formula is C14H17N3O2. The molecule has 2 unspecified atom stereocenters. The molecule has 1 heterocycles. The van der Waals surface area contributed by atoms with Crippen LogP contribution in [0.1, 0.15) is 25.8 Å². The quantitative estimate of drug-likeness (QED) is 0.604. The number of nitro benzene ring substituents is 1. The van der Waals surface area contributed by atoms with Crippen LogP contribution in [0.3, 0.4) is 0 Å². The van der Waals surface area contributed by atoms with E-state index in [2.05, 4.69) is 18.7 Å². The molecule has 0 aromatic heterocycles. The number of hydrogen-bond acceptors (Lipinski definition) is 4. The van der Waals surface area contributed by atoms with Gasteiger partial charge in [-0.1, -0.05) is 13.8 Å². The third-order valence-electron chi connectivity index (χ3n) is 3.53. The highest BCUT2D eigenvalue weighted by Gasteiger charge is 2.23. The van der Waals surface area contributed by atoms with E-state index in [4.69, 9.17) is 5.26 Å². The maximum Gasteiger partial charge on any atom is 0.287 e. The van der Waals surface area contributed by atoms with E-state index < -0.39 is 4.92 Å². The second kappa shape index (κ2) is 5.27. The van der Waals surface area contributed by atoms with Gasteiger partial charge in [0.1, 0.15) is 11.6 Å². The van der Waals surface area contributed by atoms with Gasteiger partial charge in [-0.2, -0.15) is 5.26 Å². The van der Waals surface area contributed by atoms with Gasteiger partial charge in [0.05, 0.1) is 4.92 Å². The van der Waals surface area contributed by atoms with E-state index in [-0.39, 0.29) is 11.3 Å². The molecule has 19 heavy (non-hydrogen) atoms. The van der Waals surface area contributed by atoms with Crippen molar-refractivity contribution >= 4 is 11.4 Å². The Hall–Kier alpha value is -2.09. The van der Waals surface area contributed by atoms with Gasteiger partial charge in [-0.15, -0.1) is 0 Å². The van der Waals surface area contributed by atoms with E-state index in [1.54, 1.807) is 12.1 Å². The van der Waals surface area contributed by atoms with Crippen LogP contribution in [-0.4, -0.2) is 18.0 Å². The molecular weight excluding hydrogens is 242 g/mol. The van der Waals surface area contributed by atoms with Gasteiger partial charge in [-0.3, -0.25) is 10.1 Å². The Morgan fingerprint density at radius 1 is 1.37 bits per heavy atom. The van der Waals surface area contributed by atoms with E-state index >= 15 is 0 Å². The van der Waals surface area contributed by atoms with Crippen LogP contribution < -0.4 is 4.90 Å². The maximum atomic E-state index is 10.8. The third kappa shape index (κ3) is 2.84. The first-order valence-corrected chi connectivity index (χ1v) is 6.44. The normalized spacial score (nSPS) is 22.9. The predicted molar refractivity (Wildman–Crippen MR) is 73.0 cm³/mol. The fourth-order valence-electron chi connectivity index (χ4n) is 2.84. The second-order valence-electron chi connectivity index (χ2n) is 5.42. The predicted octanol–water partition coefficient (Wildman–Crippen LogP) is 2.95. The van der Waals surface area contributed by atoms with Crippen molar-refractivity contribution in [2.24, 2.45) is 11.8 Å². The summed E-state index contributed by atoms with van der Waals surface area (Å²) < 4.78 is 0. The van der Waals surface area contributed by atoms with Gasteiger partial charge in [0.2, 0.25) is 0 Å². The van der Waals surface area contributed by atoms with Gasteiger partial charge in [-0.05, 0) is 30.4 Å². The summed E-state index contributed by atoms with van der Waals surface area (Å²) >= 11 is 0. The summed E-state index contributed by atoms with van der Waals surface area (Å²) in [6, 6.07) is 6.71. The Balaban J connectivity index is 2.31. The highest BCUT2D eigenvalue weighted by Crippen LogP contribution is 2.29. The first-order valence-electron chi connectivity index (χ1n) is 6.44. The van der Waals surface area contributed by atoms with Crippen LogP contribution in [0.4, 0.5) is 11.4 Å². The average molecular weight is 259 g/mol. The molecule has 0 spiro atoms. The number of nitriles is 1. The molecule has 0 aliphatic carbocycles. The minimum Gasteiger partial charge on any atom is -0.371 e. The summed E-state index contributed by atoms with van der Waals surface area (Å²) in [7, 11) is 0. The van der Waals surface area contributed by atoms with Gasteiger partial charge in [0.15, 0.2) is 0 Å². The molecule has 0 saturated carbocycles. The van der Waals surface area contributed by atoms with Crippen molar-refractivity contribution < 1.29 is 4.92 Å². The molecule has 0 radical (unpaired) electrons. The van der Waals surface area contributed by atoms with Crippen LogP contribution in [0.2, 0.25) is 0 Å². The van der Waals surface area contributed by atoms with Crippen LogP contribution >= 0.6 is 0 Å². The summed E-state index contributed by atoms with van der Waals surface area (Å²) in [4.78, 5) is 12.5. The van der Waals surface area contributed by atoms with E-state index in [9.17, 15) is 10.1 Å². The molecule has 0 bridgehead atoms. The minimum atomic E-state index is -0.510. The van der Waals surface area contributed by atoms with Gasteiger partial charge in [0.25, 0.3) is 5.69 Å². The number of rotatable bonds is 2. The summed E-state index contributed by atoms with van der Waals surface area (Å²) in [6.07, 6.45) is 1.20. The Bertz CT molecular complexity index is 526. The average Bonchev–Trinajstić information content (AvgIpc) is 2.36. The van der Waals surface area contributed by atoms with Crippen molar-refractivity contribution in [3.05, 3.63) is 33.9 Å². The molecule has 5 nitrogen and oxygen atoms in total.